The van der Waals surface area contributed by atoms with Gasteiger partial charge in [0.05, 0.1) is 12.4 Å². The first kappa shape index (κ1) is 25.4. The minimum atomic E-state index is -4.85. The maximum absolute atomic E-state index is 12.8. The lowest BCUT2D eigenvalue weighted by Gasteiger charge is -2.15. The van der Waals surface area contributed by atoms with E-state index >= 15 is 0 Å². The van der Waals surface area contributed by atoms with E-state index < -0.39 is 36.5 Å². The van der Waals surface area contributed by atoms with Crippen LogP contribution in [0.5, 0.6) is 5.75 Å². The van der Waals surface area contributed by atoms with Crippen molar-refractivity contribution < 1.29 is 32.5 Å². The molecule has 3 atom stereocenters. The molecule has 1 saturated heterocycles. The number of aliphatic hydroxyl groups is 1. The lowest BCUT2D eigenvalue weighted by molar-refractivity contribution is -0.274. The fraction of sp³-hybridized carbons (Fsp3) is 0.280. The highest BCUT2D eigenvalue weighted by Crippen LogP contribution is 2.34. The summed E-state index contributed by atoms with van der Waals surface area (Å²) in [4.78, 5) is 25.6. The smallest absolute Gasteiger partial charge is 0.406 e. The third-order valence-corrected chi connectivity index (χ3v) is 5.96. The first-order chi connectivity index (χ1) is 18.2. The number of rotatable bonds is 7. The number of carbonyl (C=O) groups is 1. The number of anilines is 1. The SMILES string of the molecule is CNC(=O)[C@H]1O[C@@H](n2cnc3c(NCc4ccccc4)nc(-c4cccc(OC(F)(F)F)c4)nc32)C[C@@H]1O. The summed E-state index contributed by atoms with van der Waals surface area (Å²) in [7, 11) is 1.44. The average molecular weight is 528 g/mol. The molecule has 1 amide bonds. The van der Waals surface area contributed by atoms with E-state index in [0.717, 1.165) is 5.56 Å². The molecule has 198 valence electrons. The van der Waals surface area contributed by atoms with Gasteiger partial charge in [0.25, 0.3) is 5.91 Å². The summed E-state index contributed by atoms with van der Waals surface area (Å²) in [6.07, 6.45) is -6.18. The first-order valence-corrected chi connectivity index (χ1v) is 11.7. The van der Waals surface area contributed by atoms with Gasteiger partial charge in [-0.05, 0) is 17.7 Å². The fourth-order valence-corrected chi connectivity index (χ4v) is 4.20. The number of aromatic nitrogens is 4. The Morgan fingerprint density at radius 2 is 1.97 bits per heavy atom. The Kier molecular flexibility index (Phi) is 6.87. The Hall–Kier alpha value is -4.23. The van der Waals surface area contributed by atoms with Crippen LogP contribution in [0.3, 0.4) is 0 Å². The second-order valence-corrected chi connectivity index (χ2v) is 8.56. The van der Waals surface area contributed by atoms with Crippen molar-refractivity contribution in [2.75, 3.05) is 12.4 Å². The van der Waals surface area contributed by atoms with Gasteiger partial charge in [0, 0.05) is 25.6 Å². The average Bonchev–Trinajstić information content (AvgIpc) is 3.50. The Balaban J connectivity index is 1.55. The van der Waals surface area contributed by atoms with E-state index in [1.807, 2.05) is 30.3 Å². The van der Waals surface area contributed by atoms with Crippen LogP contribution in [0.4, 0.5) is 19.0 Å². The number of carbonyl (C=O) groups excluding carboxylic acids is 1. The van der Waals surface area contributed by atoms with Crippen LogP contribution in [0, 0.1) is 0 Å². The van der Waals surface area contributed by atoms with Gasteiger partial charge in [0.2, 0.25) is 0 Å². The highest BCUT2D eigenvalue weighted by Gasteiger charge is 2.40. The Bertz CT molecular complexity index is 1450. The second-order valence-electron chi connectivity index (χ2n) is 8.56. The number of imidazole rings is 1. The molecular formula is C25H23F3N6O4. The molecule has 0 radical (unpaired) electrons. The number of fused-ring (bicyclic) bond motifs is 1. The van der Waals surface area contributed by atoms with Crippen LogP contribution in [-0.2, 0) is 16.1 Å². The monoisotopic (exact) mass is 528 g/mol. The molecule has 0 bridgehead atoms. The van der Waals surface area contributed by atoms with E-state index in [1.54, 1.807) is 10.6 Å². The van der Waals surface area contributed by atoms with Gasteiger partial charge in [-0.25, -0.2) is 15.0 Å². The standard InChI is InChI=1S/C25H23F3N6O4/c1-29-24(36)20-17(35)11-18(37-20)34-13-31-19-22(30-12-14-6-3-2-4-7-14)32-21(33-23(19)34)15-8-5-9-16(10-15)38-25(26,27)28/h2-10,13,17-18,20,35H,11-12H2,1H3,(H,29,36)(H,30,32,33)/t17-,18+,20-/m0/s1. The molecule has 0 spiro atoms. The summed E-state index contributed by atoms with van der Waals surface area (Å²) in [6, 6.07) is 14.9. The molecule has 0 aliphatic carbocycles. The van der Waals surface area contributed by atoms with Gasteiger partial charge in [0.1, 0.15) is 12.0 Å². The van der Waals surface area contributed by atoms with Gasteiger partial charge in [0.15, 0.2) is 28.9 Å². The third-order valence-electron chi connectivity index (χ3n) is 5.96. The maximum atomic E-state index is 12.8. The Morgan fingerprint density at radius 3 is 2.71 bits per heavy atom. The summed E-state index contributed by atoms with van der Waals surface area (Å²) in [5.41, 5.74) is 1.94. The zero-order valence-corrected chi connectivity index (χ0v) is 20.0. The number of hydrogen-bond acceptors (Lipinski definition) is 8. The molecule has 13 heteroatoms. The largest absolute Gasteiger partial charge is 0.573 e. The molecule has 2 aromatic heterocycles. The van der Waals surface area contributed by atoms with Crippen LogP contribution in [0.25, 0.3) is 22.6 Å². The number of hydrogen-bond donors (Lipinski definition) is 3. The molecule has 2 aromatic carbocycles. The number of amides is 1. The van der Waals surface area contributed by atoms with E-state index in [0.29, 0.717) is 23.5 Å². The van der Waals surface area contributed by atoms with Gasteiger partial charge < -0.3 is 25.2 Å². The van der Waals surface area contributed by atoms with Crippen molar-refractivity contribution in [3.63, 3.8) is 0 Å². The van der Waals surface area contributed by atoms with Crippen molar-refractivity contribution >= 4 is 22.9 Å². The van der Waals surface area contributed by atoms with Crippen molar-refractivity contribution in [3.8, 4) is 17.1 Å². The number of nitrogens with one attached hydrogen (secondary N) is 2. The van der Waals surface area contributed by atoms with Gasteiger partial charge in [-0.15, -0.1) is 13.2 Å². The van der Waals surface area contributed by atoms with Crippen LogP contribution >= 0.6 is 0 Å². The lowest BCUT2D eigenvalue weighted by atomic mass is 10.1. The highest BCUT2D eigenvalue weighted by molar-refractivity contribution is 5.85. The molecule has 1 fully saturated rings. The van der Waals surface area contributed by atoms with E-state index in [4.69, 9.17) is 4.74 Å². The maximum Gasteiger partial charge on any atom is 0.573 e. The number of aliphatic hydroxyl groups excluding tert-OH is 1. The number of benzene rings is 2. The van der Waals surface area contributed by atoms with Crippen molar-refractivity contribution in [1.82, 2.24) is 24.8 Å². The molecule has 1 aliphatic rings. The molecule has 0 saturated carbocycles. The number of ether oxygens (including phenoxy) is 2. The first-order valence-electron chi connectivity index (χ1n) is 11.7. The second kappa shape index (κ2) is 10.3. The van der Waals surface area contributed by atoms with Crippen LogP contribution in [-0.4, -0.2) is 56.2 Å². The molecule has 38 heavy (non-hydrogen) atoms. The summed E-state index contributed by atoms with van der Waals surface area (Å²) in [5, 5.41) is 16.1. The summed E-state index contributed by atoms with van der Waals surface area (Å²) in [6.45, 7) is 0.397. The van der Waals surface area contributed by atoms with E-state index in [-0.39, 0.29) is 17.8 Å². The zero-order valence-electron chi connectivity index (χ0n) is 20.0. The predicted molar refractivity (Wildman–Crippen MR) is 130 cm³/mol. The van der Waals surface area contributed by atoms with Gasteiger partial charge in [-0.2, -0.15) is 0 Å². The van der Waals surface area contributed by atoms with Gasteiger partial charge in [-0.1, -0.05) is 42.5 Å². The number of likely N-dealkylation sites (N-methyl/N-ethyl adjacent to an activating group) is 1. The van der Waals surface area contributed by atoms with Crippen molar-refractivity contribution in [1.29, 1.82) is 0 Å². The van der Waals surface area contributed by atoms with E-state index in [9.17, 15) is 23.1 Å². The summed E-state index contributed by atoms with van der Waals surface area (Å²) < 4.78 is 49.8. The van der Waals surface area contributed by atoms with Crippen molar-refractivity contribution in [2.24, 2.45) is 0 Å². The molecule has 4 aromatic rings. The molecule has 5 rings (SSSR count). The Morgan fingerprint density at radius 1 is 1.18 bits per heavy atom. The van der Waals surface area contributed by atoms with Crippen LogP contribution in [0.1, 0.15) is 18.2 Å². The summed E-state index contributed by atoms with van der Waals surface area (Å²) >= 11 is 0. The molecule has 3 N–H and O–H groups in total. The number of alkyl halides is 3. The third kappa shape index (κ3) is 5.38. The summed E-state index contributed by atoms with van der Waals surface area (Å²) in [5.74, 6) is -0.423. The van der Waals surface area contributed by atoms with Crippen molar-refractivity contribution in [2.45, 2.75) is 37.8 Å². The lowest BCUT2D eigenvalue weighted by Crippen LogP contribution is -2.38. The number of halogens is 3. The minimum Gasteiger partial charge on any atom is -0.406 e. The van der Waals surface area contributed by atoms with Crippen LogP contribution < -0.4 is 15.4 Å². The fourth-order valence-electron chi connectivity index (χ4n) is 4.20. The minimum absolute atomic E-state index is 0.102. The quantitative estimate of drug-likeness (QED) is 0.334. The Labute approximate surface area is 214 Å². The van der Waals surface area contributed by atoms with E-state index in [1.165, 1.54) is 31.6 Å². The molecule has 0 unspecified atom stereocenters. The van der Waals surface area contributed by atoms with Gasteiger partial charge >= 0.3 is 6.36 Å². The molecule has 3 heterocycles. The highest BCUT2D eigenvalue weighted by atomic mass is 19.4. The van der Waals surface area contributed by atoms with Gasteiger partial charge in [-0.3, -0.25) is 9.36 Å². The number of nitrogens with zero attached hydrogens (tertiary/aromatic N) is 4. The molecular weight excluding hydrogens is 505 g/mol. The topological polar surface area (TPSA) is 123 Å². The van der Waals surface area contributed by atoms with Crippen LogP contribution in [0.15, 0.2) is 60.9 Å². The molecule has 1 aliphatic heterocycles. The van der Waals surface area contributed by atoms with Crippen LogP contribution in [0.2, 0.25) is 0 Å². The predicted octanol–water partition coefficient (Wildman–Crippen LogP) is 3.40. The van der Waals surface area contributed by atoms with E-state index in [2.05, 4.69) is 30.3 Å². The molecule has 10 nitrogen and oxygen atoms in total. The normalized spacial score (nSPS) is 19.4. The van der Waals surface area contributed by atoms with Crippen molar-refractivity contribution in [3.05, 3.63) is 66.5 Å². The zero-order chi connectivity index (χ0) is 26.9.